The first kappa shape index (κ1) is 13.8. The first-order valence-electron chi connectivity index (χ1n) is 6.28. The summed E-state index contributed by atoms with van der Waals surface area (Å²) in [5.41, 5.74) is 5.80. The van der Waals surface area contributed by atoms with E-state index in [1.807, 2.05) is 0 Å². The lowest BCUT2D eigenvalue weighted by Gasteiger charge is -2.30. The molecule has 0 spiro atoms. The maximum absolute atomic E-state index is 12.8. The molecule has 1 fully saturated rings. The van der Waals surface area contributed by atoms with Crippen molar-refractivity contribution in [1.29, 1.82) is 0 Å². The number of nitrogen functional groups attached to an aromatic ring is 1. The van der Waals surface area contributed by atoms with Crippen LogP contribution >= 0.6 is 11.3 Å². The molecule has 0 radical (unpaired) electrons. The van der Waals surface area contributed by atoms with Gasteiger partial charge in [0.2, 0.25) is 0 Å². The Morgan fingerprint density at radius 2 is 2.20 bits per heavy atom. The lowest BCUT2D eigenvalue weighted by molar-refractivity contribution is 0.0631. The van der Waals surface area contributed by atoms with Gasteiger partial charge in [-0.15, -0.1) is 11.3 Å². The van der Waals surface area contributed by atoms with Crippen LogP contribution in [0, 0.1) is 0 Å². The van der Waals surface area contributed by atoms with Crippen molar-refractivity contribution in [2.75, 3.05) is 26.0 Å². The van der Waals surface area contributed by atoms with Crippen molar-refractivity contribution in [3.63, 3.8) is 0 Å². The summed E-state index contributed by atoms with van der Waals surface area (Å²) in [5.74, 6) is 0.0516. The van der Waals surface area contributed by atoms with Gasteiger partial charge in [0, 0.05) is 37.9 Å². The van der Waals surface area contributed by atoms with Gasteiger partial charge in [0.1, 0.15) is 0 Å². The maximum Gasteiger partial charge on any atom is 0.262 e. The van der Waals surface area contributed by atoms with E-state index in [4.69, 9.17) is 10.5 Å². The van der Waals surface area contributed by atoms with Gasteiger partial charge >= 0.3 is 0 Å². The molecule has 0 bridgehead atoms. The van der Waals surface area contributed by atoms with Crippen molar-refractivity contribution in [3.05, 3.63) is 11.6 Å². The largest absolute Gasteiger partial charge is 0.381 e. The third-order valence-corrected chi connectivity index (χ3v) is 6.28. The van der Waals surface area contributed by atoms with Crippen LogP contribution in [0.15, 0.2) is 16.6 Å². The molecule has 3 heterocycles. The van der Waals surface area contributed by atoms with E-state index in [9.17, 15) is 8.42 Å². The molecule has 20 heavy (non-hydrogen) atoms. The summed E-state index contributed by atoms with van der Waals surface area (Å²) in [6.07, 6.45) is 3.07. The minimum atomic E-state index is -3.66. The Bertz CT molecular complexity index is 715. The molecule has 0 aliphatic carbocycles. The number of fused-ring (bicyclic) bond motifs is 1. The number of ether oxygens (including phenoxy) is 1. The highest BCUT2D eigenvalue weighted by Crippen LogP contribution is 2.28. The van der Waals surface area contributed by atoms with Crippen molar-refractivity contribution in [3.8, 4) is 0 Å². The second-order valence-corrected chi connectivity index (χ2v) is 7.51. The Hall–Kier alpha value is -1.16. The normalized spacial score (nSPS) is 18.1. The van der Waals surface area contributed by atoms with E-state index in [1.165, 1.54) is 20.0 Å². The molecule has 1 aliphatic rings. The van der Waals surface area contributed by atoms with Gasteiger partial charge in [-0.25, -0.2) is 13.4 Å². The molecule has 2 aromatic rings. The third-order valence-electron chi connectivity index (χ3n) is 3.57. The van der Waals surface area contributed by atoms with E-state index >= 15 is 0 Å². The van der Waals surface area contributed by atoms with Crippen molar-refractivity contribution in [1.82, 2.24) is 13.7 Å². The van der Waals surface area contributed by atoms with Crippen LogP contribution in [-0.4, -0.2) is 48.4 Å². The lowest BCUT2D eigenvalue weighted by Crippen LogP contribution is -2.41. The summed E-state index contributed by atoms with van der Waals surface area (Å²) in [6.45, 7) is 1.17. The summed E-state index contributed by atoms with van der Waals surface area (Å²) >= 11 is 1.35. The fourth-order valence-electron chi connectivity index (χ4n) is 2.42. The molecule has 2 N–H and O–H groups in total. The average Bonchev–Trinajstić information content (AvgIpc) is 2.98. The number of sulfonamides is 1. The number of aromatic nitrogens is 2. The zero-order valence-electron chi connectivity index (χ0n) is 11.0. The lowest BCUT2D eigenvalue weighted by atomic mass is 10.1. The predicted octanol–water partition coefficient (Wildman–Crippen LogP) is 0.777. The number of anilines is 1. The summed E-state index contributed by atoms with van der Waals surface area (Å²) in [4.78, 5) is 4.68. The van der Waals surface area contributed by atoms with E-state index in [1.54, 1.807) is 18.6 Å². The number of thiazole rings is 1. The second-order valence-electron chi connectivity index (χ2n) is 4.72. The summed E-state index contributed by atoms with van der Waals surface area (Å²) in [6, 6.07) is -0.0580. The monoisotopic (exact) mass is 316 g/mol. The van der Waals surface area contributed by atoms with Gasteiger partial charge in [0.25, 0.3) is 10.0 Å². The van der Waals surface area contributed by atoms with Crippen LogP contribution < -0.4 is 5.73 Å². The molecule has 110 valence electrons. The molecular weight excluding hydrogens is 300 g/mol. The van der Waals surface area contributed by atoms with Crippen LogP contribution in [0.25, 0.3) is 4.96 Å². The Labute approximate surface area is 121 Å². The third kappa shape index (κ3) is 2.10. The van der Waals surface area contributed by atoms with Crippen LogP contribution in [0.5, 0.6) is 0 Å². The fourth-order valence-corrected chi connectivity index (χ4v) is 4.78. The molecular formula is C11H16N4O3S2. The molecule has 0 unspecified atom stereocenters. The quantitative estimate of drug-likeness (QED) is 0.903. The van der Waals surface area contributed by atoms with Crippen LogP contribution in [-0.2, 0) is 14.8 Å². The van der Waals surface area contributed by atoms with Crippen LogP contribution in [0.4, 0.5) is 5.82 Å². The Kier molecular flexibility index (Phi) is 3.44. The minimum absolute atomic E-state index is 0.0516. The van der Waals surface area contributed by atoms with E-state index in [0.717, 1.165) is 0 Å². The van der Waals surface area contributed by atoms with Gasteiger partial charge in [-0.1, -0.05) is 0 Å². The average molecular weight is 316 g/mol. The molecule has 9 heteroatoms. The highest BCUT2D eigenvalue weighted by Gasteiger charge is 2.33. The minimum Gasteiger partial charge on any atom is -0.381 e. The first-order chi connectivity index (χ1) is 9.51. The molecule has 7 nitrogen and oxygen atoms in total. The topological polar surface area (TPSA) is 89.9 Å². The SMILES string of the molecule is CN(C1CCOCC1)S(=O)(=O)c1c(N)nc2sccn12. The van der Waals surface area contributed by atoms with Gasteiger partial charge in [0.15, 0.2) is 15.8 Å². The smallest absolute Gasteiger partial charge is 0.262 e. The first-order valence-corrected chi connectivity index (χ1v) is 8.60. The van der Waals surface area contributed by atoms with Gasteiger partial charge in [-0.2, -0.15) is 4.31 Å². The highest BCUT2D eigenvalue weighted by molar-refractivity contribution is 7.89. The fraction of sp³-hybridized carbons (Fsp3) is 0.545. The number of rotatable bonds is 3. The zero-order chi connectivity index (χ0) is 14.3. The van der Waals surface area contributed by atoms with E-state index < -0.39 is 10.0 Å². The number of nitrogens with two attached hydrogens (primary N) is 1. The van der Waals surface area contributed by atoms with E-state index in [-0.39, 0.29) is 16.9 Å². The molecule has 3 rings (SSSR count). The molecule has 0 atom stereocenters. The van der Waals surface area contributed by atoms with Crippen molar-refractivity contribution < 1.29 is 13.2 Å². The number of hydrogen-bond acceptors (Lipinski definition) is 6. The Morgan fingerprint density at radius 3 is 2.90 bits per heavy atom. The highest BCUT2D eigenvalue weighted by atomic mass is 32.2. The van der Waals surface area contributed by atoms with Gasteiger partial charge in [-0.05, 0) is 12.8 Å². The van der Waals surface area contributed by atoms with Crippen molar-refractivity contribution in [2.24, 2.45) is 0 Å². The van der Waals surface area contributed by atoms with Crippen LogP contribution in [0.1, 0.15) is 12.8 Å². The van der Waals surface area contributed by atoms with Crippen molar-refractivity contribution in [2.45, 2.75) is 23.9 Å². The van der Waals surface area contributed by atoms with Crippen molar-refractivity contribution >= 4 is 32.1 Å². The molecule has 0 saturated carbocycles. The standard InChI is InChI=1S/C11H16N4O3S2/c1-14(8-2-5-18-6-3-8)20(16,17)10-9(12)13-11-15(10)4-7-19-11/h4,7-8H,2-3,5-6,12H2,1H3. The number of nitrogens with zero attached hydrogens (tertiary/aromatic N) is 3. The summed E-state index contributed by atoms with van der Waals surface area (Å²) in [5, 5.41) is 1.85. The molecule has 1 aliphatic heterocycles. The van der Waals surface area contributed by atoms with Gasteiger partial charge < -0.3 is 10.5 Å². The molecule has 2 aromatic heterocycles. The summed E-state index contributed by atoms with van der Waals surface area (Å²) < 4.78 is 33.7. The van der Waals surface area contributed by atoms with E-state index in [2.05, 4.69) is 4.98 Å². The zero-order valence-corrected chi connectivity index (χ0v) is 12.7. The van der Waals surface area contributed by atoms with Gasteiger partial charge in [-0.3, -0.25) is 4.40 Å². The number of imidazole rings is 1. The maximum atomic E-state index is 12.8. The summed E-state index contributed by atoms with van der Waals surface area (Å²) in [7, 11) is -2.07. The second kappa shape index (κ2) is 4.99. The number of hydrogen-bond donors (Lipinski definition) is 1. The Morgan fingerprint density at radius 1 is 1.50 bits per heavy atom. The predicted molar refractivity (Wildman–Crippen MR) is 76.3 cm³/mol. The molecule has 1 saturated heterocycles. The van der Waals surface area contributed by atoms with Gasteiger partial charge in [0.05, 0.1) is 0 Å². The molecule has 0 aromatic carbocycles. The molecule has 0 amide bonds. The van der Waals surface area contributed by atoms with Crippen LogP contribution in [0.2, 0.25) is 0 Å². The van der Waals surface area contributed by atoms with Crippen LogP contribution in [0.3, 0.4) is 0 Å². The van der Waals surface area contributed by atoms with E-state index in [0.29, 0.717) is 31.0 Å². The Balaban J connectivity index is 2.02.